The van der Waals surface area contributed by atoms with Gasteiger partial charge in [-0.3, -0.25) is 0 Å². The highest BCUT2D eigenvalue weighted by Crippen LogP contribution is 2.28. The number of terminal acetylenes is 1. The van der Waals surface area contributed by atoms with Crippen LogP contribution in [0, 0.1) is 12.3 Å². The van der Waals surface area contributed by atoms with Gasteiger partial charge >= 0.3 is 0 Å². The summed E-state index contributed by atoms with van der Waals surface area (Å²) in [5.41, 5.74) is 1.25. The van der Waals surface area contributed by atoms with Crippen LogP contribution in [0.1, 0.15) is 70.8 Å². The van der Waals surface area contributed by atoms with Crippen molar-refractivity contribution >= 4 is 34.2 Å². The van der Waals surface area contributed by atoms with Crippen molar-refractivity contribution in [3.63, 3.8) is 0 Å². The molecule has 1 aromatic carbocycles. The largest absolute Gasteiger partial charge is 0.303 e. The molecule has 1 rings (SSSR count). The molecule has 1 aromatic rings. The number of halogens is 2. The molecule has 146 valence electrons. The van der Waals surface area contributed by atoms with Crippen LogP contribution < -0.4 is 0 Å². The predicted octanol–water partition coefficient (Wildman–Crippen LogP) is 7.25. The summed E-state index contributed by atoms with van der Waals surface area (Å²) in [6.45, 7) is 7.75. The van der Waals surface area contributed by atoms with Gasteiger partial charge in [-0.2, -0.15) is 0 Å². The van der Waals surface area contributed by atoms with Crippen LogP contribution in [0.4, 0.5) is 0 Å². The summed E-state index contributed by atoms with van der Waals surface area (Å²) in [6.07, 6.45) is 17.2. The van der Waals surface area contributed by atoms with Crippen molar-refractivity contribution in [3.05, 3.63) is 34.9 Å². The van der Waals surface area contributed by atoms with Crippen LogP contribution in [0.5, 0.6) is 0 Å². The van der Waals surface area contributed by atoms with Gasteiger partial charge in [0.05, 0.1) is 13.1 Å². The summed E-state index contributed by atoms with van der Waals surface area (Å²) >= 11 is 9.08. The Morgan fingerprint density at radius 1 is 1.00 bits per heavy atom. The highest BCUT2D eigenvalue weighted by Gasteiger charge is 2.34. The highest BCUT2D eigenvalue weighted by atomic mass is 127. The van der Waals surface area contributed by atoms with Gasteiger partial charge in [0.25, 0.3) is 0 Å². The maximum atomic E-state index is 6.44. The Morgan fingerprint density at radius 2 is 1.58 bits per heavy atom. The molecule has 0 aromatic heterocycles. The maximum absolute atomic E-state index is 6.44. The number of benzene rings is 1. The molecule has 3 heteroatoms. The second-order valence-corrected chi connectivity index (χ2v) is 9.22. The zero-order valence-corrected chi connectivity index (χ0v) is 19.6. The number of quaternary nitrogens is 1. The van der Waals surface area contributed by atoms with E-state index in [4.69, 9.17) is 18.0 Å². The zero-order valence-electron chi connectivity index (χ0n) is 16.7. The molecule has 1 nitrogen and oxygen atoms in total. The van der Waals surface area contributed by atoms with E-state index < -0.39 is 0 Å². The average molecular weight is 489 g/mol. The third-order valence-corrected chi connectivity index (χ3v) is 7.25. The Labute approximate surface area is 180 Å². The van der Waals surface area contributed by atoms with Crippen LogP contribution in [0.25, 0.3) is 0 Å². The van der Waals surface area contributed by atoms with E-state index in [9.17, 15) is 0 Å². The van der Waals surface area contributed by atoms with Crippen LogP contribution in [0.3, 0.4) is 0 Å². The predicted molar refractivity (Wildman–Crippen MR) is 125 cm³/mol. The summed E-state index contributed by atoms with van der Waals surface area (Å²) in [7, 11) is 0. The Hall–Kier alpha value is -0.240. The first-order valence-corrected chi connectivity index (χ1v) is 11.9. The Balaban J connectivity index is 2.89. The van der Waals surface area contributed by atoms with E-state index in [2.05, 4.69) is 54.5 Å². The lowest BCUT2D eigenvalue weighted by atomic mass is 10.1. The van der Waals surface area contributed by atoms with Gasteiger partial charge in [-0.15, -0.1) is 6.42 Å². The van der Waals surface area contributed by atoms with Gasteiger partial charge in [0, 0.05) is 11.4 Å². The van der Waals surface area contributed by atoms with E-state index in [0.29, 0.717) is 4.05 Å². The molecule has 0 fully saturated rings. The Bertz CT molecular complexity index is 525. The minimum absolute atomic E-state index is 0.465. The monoisotopic (exact) mass is 488 g/mol. The molecule has 0 spiro atoms. The van der Waals surface area contributed by atoms with Crippen molar-refractivity contribution in [2.24, 2.45) is 0 Å². The molecule has 0 radical (unpaired) electrons. The number of alkyl halides is 1. The van der Waals surface area contributed by atoms with Crippen molar-refractivity contribution < 1.29 is 4.48 Å². The van der Waals surface area contributed by atoms with E-state index in [1.807, 2.05) is 12.1 Å². The molecule has 0 saturated carbocycles. The molecule has 0 saturated heterocycles. The molecule has 0 bridgehead atoms. The molecular weight excluding hydrogens is 453 g/mol. The third-order valence-electron chi connectivity index (χ3n) is 5.26. The van der Waals surface area contributed by atoms with Crippen LogP contribution in [-0.4, -0.2) is 28.2 Å². The maximum Gasteiger partial charge on any atom is 0.144 e. The number of nitrogens with zero attached hydrogens (tertiary/aromatic N) is 1. The van der Waals surface area contributed by atoms with Crippen LogP contribution >= 0.6 is 34.2 Å². The van der Waals surface area contributed by atoms with Gasteiger partial charge in [-0.1, -0.05) is 69.3 Å². The van der Waals surface area contributed by atoms with Gasteiger partial charge in [0.1, 0.15) is 10.6 Å². The smallest absolute Gasteiger partial charge is 0.144 e. The molecule has 0 aliphatic carbocycles. The fraction of sp³-hybridized carbons (Fsp3) is 0.652. The summed E-state index contributed by atoms with van der Waals surface area (Å²) in [4.78, 5) is 0. The topological polar surface area (TPSA) is 0 Å². The second kappa shape index (κ2) is 13.9. The first-order chi connectivity index (χ1) is 12.6. The minimum Gasteiger partial charge on any atom is -0.303 e. The van der Waals surface area contributed by atoms with Crippen molar-refractivity contribution in [2.45, 2.75) is 75.7 Å². The van der Waals surface area contributed by atoms with Crippen molar-refractivity contribution in [3.8, 4) is 12.3 Å². The number of hydrogen-bond acceptors (Lipinski definition) is 0. The molecule has 0 N–H and O–H groups in total. The van der Waals surface area contributed by atoms with Crippen LogP contribution in [-0.2, 0) is 6.42 Å². The van der Waals surface area contributed by atoms with E-state index >= 15 is 0 Å². The van der Waals surface area contributed by atoms with Crippen molar-refractivity contribution in [1.82, 2.24) is 0 Å². The molecule has 1 unspecified atom stereocenters. The molecule has 26 heavy (non-hydrogen) atoms. The van der Waals surface area contributed by atoms with Crippen molar-refractivity contribution in [1.29, 1.82) is 0 Å². The third kappa shape index (κ3) is 8.19. The zero-order chi connectivity index (χ0) is 19.3. The van der Waals surface area contributed by atoms with E-state index in [-0.39, 0.29) is 0 Å². The summed E-state index contributed by atoms with van der Waals surface area (Å²) in [6, 6.07) is 8.25. The SMILES string of the molecule is C#CC[N+](CCCCCC)(CCCCCC)C(I)Cc1ccccc1Cl. The van der Waals surface area contributed by atoms with E-state index in [1.165, 1.54) is 70.0 Å². The first kappa shape index (κ1) is 23.8. The summed E-state index contributed by atoms with van der Waals surface area (Å²) < 4.78 is 1.50. The average Bonchev–Trinajstić information content (AvgIpc) is 2.64. The molecule has 0 heterocycles. The summed E-state index contributed by atoms with van der Waals surface area (Å²) in [5.74, 6) is 3.01. The van der Waals surface area contributed by atoms with Crippen LogP contribution in [0.2, 0.25) is 5.02 Å². The molecular formula is C23H36ClIN+. The van der Waals surface area contributed by atoms with Gasteiger partial charge in [-0.05, 0) is 65.8 Å². The van der Waals surface area contributed by atoms with Crippen molar-refractivity contribution in [2.75, 3.05) is 19.6 Å². The van der Waals surface area contributed by atoms with Gasteiger partial charge in [0.15, 0.2) is 0 Å². The molecule has 0 amide bonds. The van der Waals surface area contributed by atoms with Gasteiger partial charge < -0.3 is 4.48 Å². The van der Waals surface area contributed by atoms with E-state index in [1.54, 1.807) is 0 Å². The Morgan fingerprint density at radius 3 is 2.08 bits per heavy atom. The van der Waals surface area contributed by atoms with E-state index in [0.717, 1.165) is 22.5 Å². The lowest BCUT2D eigenvalue weighted by Crippen LogP contribution is -2.55. The molecule has 0 aliphatic heterocycles. The standard InChI is InChI=1S/C23H36ClIN/c1-4-7-9-13-18-26(17-6-3,19-14-10-8-5-2)23(25)20-21-15-11-12-16-22(21)24/h3,11-12,15-16,23H,4-5,7-10,13-14,17-20H2,1-2H3/q+1. The molecule has 0 aliphatic rings. The normalized spacial score (nSPS) is 12.7. The number of rotatable bonds is 14. The van der Waals surface area contributed by atoms with Gasteiger partial charge in [0.2, 0.25) is 0 Å². The number of unbranched alkanes of at least 4 members (excludes halogenated alkanes) is 6. The van der Waals surface area contributed by atoms with Gasteiger partial charge in [-0.25, -0.2) is 0 Å². The van der Waals surface area contributed by atoms with Crippen LogP contribution in [0.15, 0.2) is 24.3 Å². The Kier molecular flexibility index (Phi) is 12.7. The lowest BCUT2D eigenvalue weighted by Gasteiger charge is -2.42. The fourth-order valence-corrected chi connectivity index (χ4v) is 5.02. The highest BCUT2D eigenvalue weighted by molar-refractivity contribution is 14.1. The minimum atomic E-state index is 0.465. The molecule has 1 atom stereocenters. The second-order valence-electron chi connectivity index (χ2n) is 7.38. The quantitative estimate of drug-likeness (QED) is 0.0646. The first-order valence-electron chi connectivity index (χ1n) is 10.3. The number of hydrogen-bond donors (Lipinski definition) is 0. The summed E-state index contributed by atoms with van der Waals surface area (Å²) in [5, 5.41) is 0.880. The lowest BCUT2D eigenvalue weighted by molar-refractivity contribution is -0.927. The fourth-order valence-electron chi connectivity index (χ4n) is 3.58.